The van der Waals surface area contributed by atoms with E-state index in [0.717, 1.165) is 12.8 Å². The summed E-state index contributed by atoms with van der Waals surface area (Å²) in [6, 6.07) is 9.67. The Morgan fingerprint density at radius 1 is 1.16 bits per heavy atom. The molecule has 3 heterocycles. The minimum Gasteiger partial charge on any atom is -0.493 e. The Labute approximate surface area is 218 Å². The summed E-state index contributed by atoms with van der Waals surface area (Å²) in [5.74, 6) is 0.510. The third kappa shape index (κ3) is 5.56. The molecule has 0 spiro atoms. The van der Waals surface area contributed by atoms with Crippen molar-refractivity contribution in [2.75, 3.05) is 19.0 Å². The molecule has 0 atom stereocenters. The molecule has 0 saturated heterocycles. The van der Waals surface area contributed by atoms with Crippen LogP contribution in [0, 0.1) is 18.7 Å². The largest absolute Gasteiger partial charge is 0.493 e. The second-order valence-electron chi connectivity index (χ2n) is 9.20. The Hall–Kier alpha value is -4.54. The third-order valence-electron chi connectivity index (χ3n) is 6.16. The molecule has 38 heavy (non-hydrogen) atoms. The van der Waals surface area contributed by atoms with Gasteiger partial charge in [-0.2, -0.15) is 5.10 Å². The van der Waals surface area contributed by atoms with Crippen molar-refractivity contribution in [3.8, 4) is 22.9 Å². The van der Waals surface area contributed by atoms with E-state index < -0.39 is 11.7 Å². The number of pyridine rings is 1. The zero-order valence-corrected chi connectivity index (χ0v) is 21.2. The smallest absolute Gasteiger partial charge is 0.257 e. The summed E-state index contributed by atoms with van der Waals surface area (Å²) in [4.78, 5) is 33.3. The van der Waals surface area contributed by atoms with Gasteiger partial charge in [0.25, 0.3) is 5.91 Å². The van der Waals surface area contributed by atoms with Crippen LogP contribution in [0.25, 0.3) is 16.9 Å². The lowest BCUT2D eigenvalue weighted by atomic mass is 10.1. The number of hydrogen-bond acceptors (Lipinski definition) is 7. The standard InChI is InChI=1S/C27H27FN6O4/c1-15-20(23-8-9-25-32-24(31-16(2)35)13-34(25)33-23)11-21(27(30-15)37-3)26(36)29-12-18-10-19(6-7-22(18)28)38-14-17-4-5-17/h6-11,13,17H,4-5,12,14H2,1-3H3,(H,29,36)(H,31,35). The van der Waals surface area contributed by atoms with E-state index in [1.54, 1.807) is 43.5 Å². The molecule has 0 unspecified atom stereocenters. The number of ether oxygens (including phenoxy) is 2. The van der Waals surface area contributed by atoms with E-state index in [1.165, 1.54) is 24.6 Å². The number of imidazole rings is 1. The maximum Gasteiger partial charge on any atom is 0.257 e. The summed E-state index contributed by atoms with van der Waals surface area (Å²) in [7, 11) is 1.43. The fraction of sp³-hybridized carbons (Fsp3) is 0.296. The van der Waals surface area contributed by atoms with Crippen LogP contribution in [0.15, 0.2) is 42.6 Å². The number of hydrogen-bond donors (Lipinski definition) is 2. The summed E-state index contributed by atoms with van der Waals surface area (Å²) in [5, 5.41) is 9.95. The van der Waals surface area contributed by atoms with Crippen LogP contribution in [0.4, 0.5) is 10.2 Å². The van der Waals surface area contributed by atoms with Gasteiger partial charge < -0.3 is 20.1 Å². The van der Waals surface area contributed by atoms with E-state index in [-0.39, 0.29) is 23.9 Å². The van der Waals surface area contributed by atoms with Gasteiger partial charge in [-0.3, -0.25) is 9.59 Å². The van der Waals surface area contributed by atoms with Crippen LogP contribution in [0.1, 0.15) is 41.4 Å². The number of halogens is 1. The molecule has 1 aliphatic carbocycles. The minimum absolute atomic E-state index is 0.0389. The van der Waals surface area contributed by atoms with Gasteiger partial charge in [-0.1, -0.05) is 0 Å². The van der Waals surface area contributed by atoms with Crippen LogP contribution in [0.2, 0.25) is 0 Å². The number of methoxy groups -OCH3 is 1. The zero-order valence-electron chi connectivity index (χ0n) is 21.2. The van der Waals surface area contributed by atoms with Gasteiger partial charge in [-0.15, -0.1) is 0 Å². The predicted molar refractivity (Wildman–Crippen MR) is 138 cm³/mol. The van der Waals surface area contributed by atoms with Crippen molar-refractivity contribution in [2.45, 2.75) is 33.2 Å². The monoisotopic (exact) mass is 518 g/mol. The maximum atomic E-state index is 14.4. The van der Waals surface area contributed by atoms with Gasteiger partial charge in [0, 0.05) is 24.6 Å². The molecule has 196 valence electrons. The normalized spacial score (nSPS) is 12.8. The molecule has 11 heteroatoms. The number of benzene rings is 1. The number of anilines is 1. The summed E-state index contributed by atoms with van der Waals surface area (Å²) < 4.78 is 27.1. The molecular weight excluding hydrogens is 491 g/mol. The highest BCUT2D eigenvalue weighted by Gasteiger charge is 2.22. The van der Waals surface area contributed by atoms with E-state index in [1.807, 2.05) is 0 Å². The van der Waals surface area contributed by atoms with Crippen molar-refractivity contribution in [3.63, 3.8) is 0 Å². The summed E-state index contributed by atoms with van der Waals surface area (Å²) in [6.45, 7) is 3.75. The lowest BCUT2D eigenvalue weighted by Gasteiger charge is -2.13. The van der Waals surface area contributed by atoms with Gasteiger partial charge >= 0.3 is 0 Å². The summed E-state index contributed by atoms with van der Waals surface area (Å²) in [5.41, 5.74) is 2.78. The molecule has 1 aromatic carbocycles. The van der Waals surface area contributed by atoms with Crippen LogP contribution in [0.3, 0.4) is 0 Å². The number of nitrogens with zero attached hydrogens (tertiary/aromatic N) is 4. The van der Waals surface area contributed by atoms with E-state index in [4.69, 9.17) is 9.47 Å². The lowest BCUT2D eigenvalue weighted by molar-refractivity contribution is -0.114. The number of nitrogens with one attached hydrogen (secondary N) is 2. The number of carbonyl (C=O) groups is 2. The first-order valence-electron chi connectivity index (χ1n) is 12.2. The van der Waals surface area contributed by atoms with Crippen molar-refractivity contribution in [1.29, 1.82) is 0 Å². The fourth-order valence-corrected chi connectivity index (χ4v) is 3.97. The highest BCUT2D eigenvalue weighted by molar-refractivity contribution is 5.97. The average molecular weight is 519 g/mol. The molecule has 1 aliphatic rings. The van der Waals surface area contributed by atoms with Gasteiger partial charge in [0.2, 0.25) is 11.8 Å². The third-order valence-corrected chi connectivity index (χ3v) is 6.16. The van der Waals surface area contributed by atoms with E-state index in [2.05, 4.69) is 25.7 Å². The lowest BCUT2D eigenvalue weighted by Crippen LogP contribution is -2.24. The summed E-state index contributed by atoms with van der Waals surface area (Å²) >= 11 is 0. The quantitative estimate of drug-likeness (QED) is 0.345. The Kier molecular flexibility index (Phi) is 6.91. The molecule has 2 amide bonds. The van der Waals surface area contributed by atoms with Crippen LogP contribution >= 0.6 is 0 Å². The molecular formula is C27H27FN6O4. The van der Waals surface area contributed by atoms with Gasteiger partial charge in [-0.05, 0) is 62.1 Å². The van der Waals surface area contributed by atoms with E-state index >= 15 is 0 Å². The van der Waals surface area contributed by atoms with Crippen molar-refractivity contribution >= 4 is 23.3 Å². The van der Waals surface area contributed by atoms with Crippen molar-refractivity contribution < 1.29 is 23.5 Å². The van der Waals surface area contributed by atoms with Gasteiger partial charge in [-0.25, -0.2) is 18.9 Å². The maximum absolute atomic E-state index is 14.4. The molecule has 0 aliphatic heterocycles. The van der Waals surface area contributed by atoms with Crippen molar-refractivity contribution in [1.82, 2.24) is 24.9 Å². The highest BCUT2D eigenvalue weighted by Crippen LogP contribution is 2.30. The Morgan fingerprint density at radius 2 is 1.97 bits per heavy atom. The minimum atomic E-state index is -0.476. The average Bonchev–Trinajstić information content (AvgIpc) is 3.64. The molecule has 5 rings (SSSR count). The number of aromatic nitrogens is 4. The van der Waals surface area contributed by atoms with Crippen molar-refractivity contribution in [3.05, 3.63) is 65.2 Å². The van der Waals surface area contributed by atoms with Crippen LogP contribution in [-0.2, 0) is 11.3 Å². The molecule has 2 N–H and O–H groups in total. The number of amides is 2. The number of aryl methyl sites for hydroxylation is 1. The van der Waals surface area contributed by atoms with E-state index in [0.29, 0.717) is 52.3 Å². The molecule has 1 saturated carbocycles. The Morgan fingerprint density at radius 3 is 2.71 bits per heavy atom. The molecule has 0 bridgehead atoms. The predicted octanol–water partition coefficient (Wildman–Crippen LogP) is 3.92. The molecule has 4 aromatic rings. The molecule has 3 aromatic heterocycles. The molecule has 10 nitrogen and oxygen atoms in total. The first-order chi connectivity index (χ1) is 18.3. The SMILES string of the molecule is COc1nc(C)c(-c2ccc3nc(NC(C)=O)cn3n2)cc1C(=O)NCc1cc(OCC2CC2)ccc1F. The first-order valence-corrected chi connectivity index (χ1v) is 12.2. The van der Waals surface area contributed by atoms with Gasteiger partial charge in [0.15, 0.2) is 11.5 Å². The van der Waals surface area contributed by atoms with Gasteiger partial charge in [0.05, 0.1) is 31.3 Å². The highest BCUT2D eigenvalue weighted by atomic mass is 19.1. The second kappa shape index (κ2) is 10.4. The number of rotatable bonds is 9. The van der Waals surface area contributed by atoms with Crippen LogP contribution < -0.4 is 20.1 Å². The van der Waals surface area contributed by atoms with Crippen LogP contribution in [0.5, 0.6) is 11.6 Å². The second-order valence-corrected chi connectivity index (χ2v) is 9.20. The molecule has 0 radical (unpaired) electrons. The van der Waals surface area contributed by atoms with Crippen molar-refractivity contribution in [2.24, 2.45) is 5.92 Å². The van der Waals surface area contributed by atoms with Gasteiger partial charge in [0.1, 0.15) is 17.1 Å². The van der Waals surface area contributed by atoms with E-state index in [9.17, 15) is 14.0 Å². The van der Waals surface area contributed by atoms with Crippen LogP contribution in [-0.4, -0.2) is 45.1 Å². The topological polar surface area (TPSA) is 120 Å². The number of carbonyl (C=O) groups excluding carboxylic acids is 2. The molecule has 1 fully saturated rings. The fourth-order valence-electron chi connectivity index (χ4n) is 3.97. The summed E-state index contributed by atoms with van der Waals surface area (Å²) in [6.07, 6.45) is 3.90. The Balaban J connectivity index is 1.38. The Bertz CT molecular complexity index is 1530. The number of fused-ring (bicyclic) bond motifs is 1. The zero-order chi connectivity index (χ0) is 26.8. The first kappa shape index (κ1) is 25.1.